The number of benzene rings is 1. The van der Waals surface area contributed by atoms with E-state index in [0.29, 0.717) is 23.8 Å². The van der Waals surface area contributed by atoms with Gasteiger partial charge in [0.15, 0.2) is 0 Å². The predicted molar refractivity (Wildman–Crippen MR) is 90.9 cm³/mol. The number of ketones is 1. The molecule has 2 aromatic rings. The number of Topliss-reactive ketones (excluding diaryl/α,β-unsaturated/α-hetero) is 1. The largest absolute Gasteiger partial charge is 0.501 e. The summed E-state index contributed by atoms with van der Waals surface area (Å²) < 4.78 is 35.7. The van der Waals surface area contributed by atoms with Crippen molar-refractivity contribution in [2.75, 3.05) is 5.75 Å². The summed E-state index contributed by atoms with van der Waals surface area (Å²) in [5, 5.41) is 10.5. The first-order chi connectivity index (χ1) is 11.7. The van der Waals surface area contributed by atoms with Crippen LogP contribution in [0.25, 0.3) is 11.0 Å². The zero-order valence-electron chi connectivity index (χ0n) is 14.1. The number of carbonyl (C=O) groups excluding carboxylic acids is 1. The quantitative estimate of drug-likeness (QED) is 0.837. The van der Waals surface area contributed by atoms with Crippen LogP contribution in [0.4, 0.5) is 0 Å². The van der Waals surface area contributed by atoms with Gasteiger partial charge in [-0.2, -0.15) is 8.42 Å². The molecule has 2 unspecified atom stereocenters. The smallest absolute Gasteiger partial charge is 0.345 e. The van der Waals surface area contributed by atoms with Crippen LogP contribution in [0, 0.1) is 16.7 Å². The van der Waals surface area contributed by atoms with Gasteiger partial charge in [-0.3, -0.25) is 4.79 Å². The Morgan fingerprint density at radius 3 is 2.64 bits per heavy atom. The first-order valence-corrected chi connectivity index (χ1v) is 9.90. The molecule has 2 bridgehead atoms. The molecular formula is C18H20O6S. The summed E-state index contributed by atoms with van der Waals surface area (Å²) in [7, 11) is -4.11. The molecule has 1 aromatic heterocycles. The molecule has 2 saturated carbocycles. The molecule has 7 heteroatoms. The molecule has 0 amide bonds. The van der Waals surface area contributed by atoms with E-state index in [1.54, 1.807) is 24.3 Å². The van der Waals surface area contributed by atoms with Gasteiger partial charge in [0.05, 0.1) is 16.6 Å². The third-order valence-corrected chi connectivity index (χ3v) is 7.55. The van der Waals surface area contributed by atoms with Crippen molar-refractivity contribution in [2.45, 2.75) is 33.1 Å². The van der Waals surface area contributed by atoms with Gasteiger partial charge in [-0.15, -0.1) is 0 Å². The van der Waals surface area contributed by atoms with E-state index in [2.05, 4.69) is 0 Å². The second kappa shape index (κ2) is 5.00. The number of para-hydroxylation sites is 1. The molecule has 0 saturated heterocycles. The van der Waals surface area contributed by atoms with Crippen molar-refractivity contribution in [2.24, 2.45) is 16.7 Å². The molecule has 0 radical (unpaired) electrons. The van der Waals surface area contributed by atoms with Crippen molar-refractivity contribution in [3.8, 4) is 11.7 Å². The van der Waals surface area contributed by atoms with Crippen molar-refractivity contribution in [1.29, 1.82) is 0 Å². The van der Waals surface area contributed by atoms with Crippen molar-refractivity contribution in [3.05, 3.63) is 24.3 Å². The van der Waals surface area contributed by atoms with Gasteiger partial charge in [0, 0.05) is 6.42 Å². The monoisotopic (exact) mass is 364 g/mol. The number of hydrogen-bond donors (Lipinski definition) is 1. The van der Waals surface area contributed by atoms with Gasteiger partial charge in [-0.1, -0.05) is 26.0 Å². The summed E-state index contributed by atoms with van der Waals surface area (Å²) >= 11 is 0. The Bertz CT molecular complexity index is 971. The molecule has 134 valence electrons. The highest BCUT2D eigenvalue weighted by atomic mass is 32.2. The van der Waals surface area contributed by atoms with Crippen LogP contribution in [0.15, 0.2) is 28.7 Å². The van der Waals surface area contributed by atoms with Crippen LogP contribution in [0.3, 0.4) is 0 Å². The fraction of sp³-hybridized carbons (Fsp3) is 0.500. The highest BCUT2D eigenvalue weighted by molar-refractivity contribution is 7.87. The number of furan rings is 1. The van der Waals surface area contributed by atoms with E-state index in [1.165, 1.54) is 0 Å². The average Bonchev–Trinajstić information content (AvgIpc) is 3.03. The normalized spacial score (nSPS) is 27.9. The molecule has 4 rings (SSSR count). The lowest BCUT2D eigenvalue weighted by molar-refractivity contribution is -0.128. The third kappa shape index (κ3) is 2.21. The maximum Gasteiger partial charge on any atom is 0.345 e. The topological polar surface area (TPSA) is 93.8 Å². The summed E-state index contributed by atoms with van der Waals surface area (Å²) in [5.41, 5.74) is -0.962. The van der Waals surface area contributed by atoms with E-state index in [1.807, 2.05) is 13.8 Å². The second-order valence-electron chi connectivity index (χ2n) is 7.69. The Morgan fingerprint density at radius 2 is 2.04 bits per heavy atom. The van der Waals surface area contributed by atoms with E-state index in [9.17, 15) is 18.3 Å². The zero-order valence-corrected chi connectivity index (χ0v) is 14.9. The first-order valence-electron chi connectivity index (χ1n) is 8.32. The number of fused-ring (bicyclic) bond motifs is 3. The molecule has 2 aliphatic rings. The summed E-state index contributed by atoms with van der Waals surface area (Å²) in [6.07, 6.45) is 1.83. The van der Waals surface area contributed by atoms with Crippen LogP contribution >= 0.6 is 0 Å². The highest BCUT2D eigenvalue weighted by Gasteiger charge is 2.65. The van der Waals surface area contributed by atoms with Gasteiger partial charge in [-0.05, 0) is 36.3 Å². The van der Waals surface area contributed by atoms with E-state index in [-0.39, 0.29) is 22.9 Å². The molecule has 0 spiro atoms. The lowest BCUT2D eigenvalue weighted by atomic mass is 9.70. The van der Waals surface area contributed by atoms with Crippen LogP contribution in [-0.2, 0) is 14.9 Å². The maximum atomic E-state index is 12.7. The minimum absolute atomic E-state index is 0.00486. The Balaban J connectivity index is 1.66. The van der Waals surface area contributed by atoms with Crippen molar-refractivity contribution >= 4 is 26.9 Å². The summed E-state index contributed by atoms with van der Waals surface area (Å²) in [6.45, 7) is 3.92. The van der Waals surface area contributed by atoms with Crippen LogP contribution in [0.5, 0.6) is 11.7 Å². The van der Waals surface area contributed by atoms with E-state index >= 15 is 0 Å². The van der Waals surface area contributed by atoms with Crippen molar-refractivity contribution < 1.29 is 26.9 Å². The van der Waals surface area contributed by atoms with Crippen LogP contribution < -0.4 is 4.18 Å². The zero-order chi connectivity index (χ0) is 18.0. The third-order valence-electron chi connectivity index (χ3n) is 6.30. The molecule has 6 nitrogen and oxygen atoms in total. The van der Waals surface area contributed by atoms with Crippen LogP contribution in [0.1, 0.15) is 33.1 Å². The Kier molecular flexibility index (Phi) is 3.29. The van der Waals surface area contributed by atoms with E-state index < -0.39 is 27.2 Å². The molecule has 2 aliphatic carbocycles. The molecule has 1 aromatic carbocycles. The fourth-order valence-electron chi connectivity index (χ4n) is 4.62. The Morgan fingerprint density at radius 1 is 1.32 bits per heavy atom. The number of carbonyl (C=O) groups is 1. The molecule has 25 heavy (non-hydrogen) atoms. The predicted octanol–water partition coefficient (Wildman–Crippen LogP) is 3.24. The van der Waals surface area contributed by atoms with E-state index in [0.717, 1.165) is 6.42 Å². The minimum atomic E-state index is -4.11. The molecular weight excluding hydrogens is 344 g/mol. The average molecular weight is 364 g/mol. The van der Waals surface area contributed by atoms with Crippen LogP contribution in [-0.4, -0.2) is 25.1 Å². The second-order valence-corrected chi connectivity index (χ2v) is 9.26. The van der Waals surface area contributed by atoms with Gasteiger partial charge in [0.1, 0.15) is 11.4 Å². The summed E-state index contributed by atoms with van der Waals surface area (Å²) in [6, 6.07) is 6.63. The number of rotatable bonds is 4. The van der Waals surface area contributed by atoms with Gasteiger partial charge in [0.2, 0.25) is 5.75 Å². The lowest BCUT2D eigenvalue weighted by Crippen LogP contribution is -2.43. The molecule has 0 aliphatic heterocycles. The SMILES string of the molecule is CC1(C)C2CCC1(CS(=O)(=O)Oc1oc3ccccc3c1O)C(=O)C2. The van der Waals surface area contributed by atoms with Crippen molar-refractivity contribution in [1.82, 2.24) is 0 Å². The van der Waals surface area contributed by atoms with Gasteiger partial charge < -0.3 is 13.7 Å². The lowest BCUT2D eigenvalue weighted by Gasteiger charge is -2.35. The van der Waals surface area contributed by atoms with Crippen molar-refractivity contribution in [3.63, 3.8) is 0 Å². The standard InChI is InChI=1S/C18H20O6S/c1-17(2)11-7-8-18(17,14(19)9-11)10-25(21,22)24-16-15(20)12-5-3-4-6-13(12)23-16/h3-6,11,20H,7-10H2,1-2H3. The van der Waals surface area contributed by atoms with Gasteiger partial charge in [-0.25, -0.2) is 0 Å². The maximum absolute atomic E-state index is 12.7. The first kappa shape index (κ1) is 16.4. The number of aromatic hydroxyl groups is 1. The van der Waals surface area contributed by atoms with Gasteiger partial charge >= 0.3 is 16.1 Å². The number of hydrogen-bond acceptors (Lipinski definition) is 6. The highest BCUT2D eigenvalue weighted by Crippen LogP contribution is 2.64. The summed E-state index contributed by atoms with van der Waals surface area (Å²) in [4.78, 5) is 12.5. The molecule has 1 heterocycles. The molecule has 2 fully saturated rings. The molecule has 2 atom stereocenters. The fourth-order valence-corrected chi connectivity index (χ4v) is 6.30. The van der Waals surface area contributed by atoms with Gasteiger partial charge in [0.25, 0.3) is 0 Å². The summed E-state index contributed by atoms with van der Waals surface area (Å²) in [5.74, 6) is -0.975. The Hall–Kier alpha value is -2.02. The Labute approximate surface area is 145 Å². The minimum Gasteiger partial charge on any atom is -0.501 e. The molecule has 1 N–H and O–H groups in total. The van der Waals surface area contributed by atoms with Crippen LogP contribution in [0.2, 0.25) is 0 Å². The van der Waals surface area contributed by atoms with E-state index in [4.69, 9.17) is 8.60 Å².